The minimum atomic E-state index is -0.638. The second kappa shape index (κ2) is 15.7. The van der Waals surface area contributed by atoms with Crippen LogP contribution in [0.2, 0.25) is 0 Å². The fourth-order valence-corrected chi connectivity index (χ4v) is 4.14. The van der Waals surface area contributed by atoms with Crippen LogP contribution >= 0.6 is 11.5 Å². The zero-order valence-electron chi connectivity index (χ0n) is 20.5. The molecular formula is C27H36N4O3S. The lowest BCUT2D eigenvalue weighted by atomic mass is 10.1. The molecule has 0 radical (unpaired) electrons. The predicted molar refractivity (Wildman–Crippen MR) is 142 cm³/mol. The highest BCUT2D eigenvalue weighted by molar-refractivity contribution is 7.09. The Labute approximate surface area is 212 Å². The van der Waals surface area contributed by atoms with Gasteiger partial charge in [0.05, 0.1) is 6.61 Å². The van der Waals surface area contributed by atoms with Gasteiger partial charge in [-0.3, -0.25) is 5.43 Å². The summed E-state index contributed by atoms with van der Waals surface area (Å²) < 4.78 is 15.4. The largest absolute Gasteiger partial charge is 0.494 e. The van der Waals surface area contributed by atoms with Crippen LogP contribution in [0.4, 0.5) is 9.93 Å². The van der Waals surface area contributed by atoms with Crippen LogP contribution in [0.25, 0.3) is 11.4 Å². The molecule has 0 fully saturated rings. The van der Waals surface area contributed by atoms with Crippen molar-refractivity contribution in [3.8, 4) is 22.9 Å². The van der Waals surface area contributed by atoms with Crippen molar-refractivity contribution in [2.45, 2.75) is 71.1 Å². The Morgan fingerprint density at radius 3 is 2.14 bits per heavy atom. The first-order chi connectivity index (χ1) is 17.2. The van der Waals surface area contributed by atoms with E-state index >= 15 is 0 Å². The van der Waals surface area contributed by atoms with Crippen LogP contribution in [-0.2, 0) is 0 Å². The van der Waals surface area contributed by atoms with Crippen LogP contribution in [0, 0.1) is 0 Å². The standard InChI is InChI=1S/C27H36N4O3S/c1-2-3-4-5-6-7-8-9-10-14-21-33-23-17-19-24(20-18-23)34-27(32)30-29-26-28-25(31-35-26)22-15-12-11-13-16-22/h11-13,15-20H,2-10,14,21H2,1H3,(H,30,32)(H,28,29,31). The number of nitrogens with zero attached hydrogens (tertiary/aromatic N) is 2. The summed E-state index contributed by atoms with van der Waals surface area (Å²) in [5, 5.41) is 0.469. The summed E-state index contributed by atoms with van der Waals surface area (Å²) in [5.74, 6) is 1.80. The third kappa shape index (κ3) is 10.3. The molecule has 3 rings (SSSR count). The fraction of sp³-hybridized carbons (Fsp3) is 0.444. The summed E-state index contributed by atoms with van der Waals surface area (Å²) in [5.41, 5.74) is 6.11. The van der Waals surface area contributed by atoms with Crippen LogP contribution in [-0.4, -0.2) is 22.1 Å². The van der Waals surface area contributed by atoms with Gasteiger partial charge in [-0.25, -0.2) is 10.2 Å². The maximum atomic E-state index is 12.1. The van der Waals surface area contributed by atoms with Crippen molar-refractivity contribution in [2.24, 2.45) is 0 Å². The average Bonchev–Trinajstić information content (AvgIpc) is 3.37. The molecule has 1 aromatic heterocycles. The van der Waals surface area contributed by atoms with E-state index in [4.69, 9.17) is 9.47 Å². The van der Waals surface area contributed by atoms with Crippen molar-refractivity contribution < 1.29 is 14.3 Å². The molecule has 0 aliphatic carbocycles. The number of unbranched alkanes of at least 4 members (excludes halogenated alkanes) is 9. The second-order valence-corrected chi connectivity index (χ2v) is 9.18. The van der Waals surface area contributed by atoms with E-state index in [1.165, 1.54) is 57.8 Å². The van der Waals surface area contributed by atoms with Gasteiger partial charge in [0.1, 0.15) is 11.5 Å². The number of hydrogen-bond acceptors (Lipinski definition) is 7. The van der Waals surface area contributed by atoms with Gasteiger partial charge in [-0.2, -0.15) is 9.36 Å². The molecule has 1 amide bonds. The van der Waals surface area contributed by atoms with Crippen molar-refractivity contribution in [2.75, 3.05) is 12.0 Å². The van der Waals surface area contributed by atoms with Crippen molar-refractivity contribution in [3.63, 3.8) is 0 Å². The number of hydrogen-bond donors (Lipinski definition) is 2. The summed E-state index contributed by atoms with van der Waals surface area (Å²) in [6, 6.07) is 16.7. The van der Waals surface area contributed by atoms with E-state index in [0.29, 0.717) is 23.3 Å². The molecule has 0 atom stereocenters. The van der Waals surface area contributed by atoms with E-state index in [2.05, 4.69) is 27.1 Å². The summed E-state index contributed by atoms with van der Waals surface area (Å²) in [4.78, 5) is 16.4. The van der Waals surface area contributed by atoms with E-state index in [0.717, 1.165) is 29.3 Å². The average molecular weight is 497 g/mol. The number of carbonyl (C=O) groups is 1. The number of amides is 1. The molecule has 0 spiro atoms. The first-order valence-corrected chi connectivity index (χ1v) is 13.4. The first-order valence-electron chi connectivity index (χ1n) is 12.6. The van der Waals surface area contributed by atoms with Gasteiger partial charge in [0.25, 0.3) is 0 Å². The number of aromatic nitrogens is 2. The Morgan fingerprint density at radius 1 is 0.829 bits per heavy atom. The maximum absolute atomic E-state index is 12.1. The normalized spacial score (nSPS) is 10.7. The molecule has 0 saturated heterocycles. The Kier molecular flexibility index (Phi) is 11.9. The van der Waals surface area contributed by atoms with Crippen molar-refractivity contribution in [1.82, 2.24) is 14.8 Å². The van der Waals surface area contributed by atoms with Crippen molar-refractivity contribution in [1.29, 1.82) is 0 Å². The smallest absolute Gasteiger partial charge is 0.431 e. The number of anilines is 1. The molecule has 188 valence electrons. The third-order valence-electron chi connectivity index (χ3n) is 5.53. The predicted octanol–water partition coefficient (Wildman–Crippen LogP) is 7.62. The van der Waals surface area contributed by atoms with Gasteiger partial charge in [0.15, 0.2) is 5.82 Å². The van der Waals surface area contributed by atoms with Crippen LogP contribution < -0.4 is 20.3 Å². The minimum Gasteiger partial charge on any atom is -0.494 e. The maximum Gasteiger partial charge on any atom is 0.431 e. The Morgan fingerprint density at radius 2 is 1.46 bits per heavy atom. The molecule has 2 N–H and O–H groups in total. The molecule has 3 aromatic rings. The van der Waals surface area contributed by atoms with E-state index in [1.807, 2.05) is 42.5 Å². The molecule has 0 bridgehead atoms. The van der Waals surface area contributed by atoms with E-state index < -0.39 is 6.09 Å². The number of hydrazine groups is 1. The van der Waals surface area contributed by atoms with E-state index in [1.54, 1.807) is 12.1 Å². The Balaban J connectivity index is 1.25. The van der Waals surface area contributed by atoms with E-state index in [-0.39, 0.29) is 0 Å². The van der Waals surface area contributed by atoms with Gasteiger partial charge in [-0.1, -0.05) is 95.0 Å². The Hall–Kier alpha value is -3.13. The molecular weight excluding hydrogens is 460 g/mol. The van der Waals surface area contributed by atoms with Crippen LogP contribution in [0.15, 0.2) is 54.6 Å². The lowest BCUT2D eigenvalue weighted by Crippen LogP contribution is -2.32. The topological polar surface area (TPSA) is 85.4 Å². The van der Waals surface area contributed by atoms with Crippen molar-refractivity contribution >= 4 is 22.8 Å². The second-order valence-electron chi connectivity index (χ2n) is 8.43. The van der Waals surface area contributed by atoms with Crippen LogP contribution in [0.5, 0.6) is 11.5 Å². The quantitative estimate of drug-likeness (QED) is 0.157. The highest BCUT2D eigenvalue weighted by Crippen LogP contribution is 2.21. The highest BCUT2D eigenvalue weighted by atomic mass is 32.1. The monoisotopic (exact) mass is 496 g/mol. The van der Waals surface area contributed by atoms with Crippen molar-refractivity contribution in [3.05, 3.63) is 54.6 Å². The van der Waals surface area contributed by atoms with Gasteiger partial charge < -0.3 is 9.47 Å². The van der Waals surface area contributed by atoms with Gasteiger partial charge in [-0.15, -0.1) is 0 Å². The lowest BCUT2D eigenvalue weighted by Gasteiger charge is -2.09. The molecule has 0 aliphatic heterocycles. The van der Waals surface area contributed by atoms with E-state index in [9.17, 15) is 4.79 Å². The molecule has 1 heterocycles. The highest BCUT2D eigenvalue weighted by Gasteiger charge is 2.09. The third-order valence-corrected chi connectivity index (χ3v) is 6.16. The molecule has 2 aromatic carbocycles. The Bertz CT molecular complexity index is 980. The molecule has 0 saturated carbocycles. The van der Waals surface area contributed by atoms with Crippen LogP contribution in [0.3, 0.4) is 0 Å². The van der Waals surface area contributed by atoms with Gasteiger partial charge in [-0.05, 0) is 30.7 Å². The fourth-order valence-electron chi connectivity index (χ4n) is 3.60. The number of benzene rings is 2. The van der Waals surface area contributed by atoms with Gasteiger partial charge in [0.2, 0.25) is 5.13 Å². The SMILES string of the molecule is CCCCCCCCCCCCOc1ccc(OC(=O)NNc2nc(-c3ccccc3)ns2)cc1. The summed E-state index contributed by atoms with van der Waals surface area (Å²) in [7, 11) is 0. The zero-order valence-corrected chi connectivity index (χ0v) is 21.3. The summed E-state index contributed by atoms with van der Waals surface area (Å²) in [6.07, 6.45) is 12.4. The number of ether oxygens (including phenoxy) is 2. The number of nitrogens with one attached hydrogen (secondary N) is 2. The molecule has 8 heteroatoms. The number of carbonyl (C=O) groups excluding carboxylic acids is 1. The van der Waals surface area contributed by atoms with Crippen LogP contribution in [0.1, 0.15) is 71.1 Å². The molecule has 0 aliphatic rings. The zero-order chi connectivity index (χ0) is 24.6. The lowest BCUT2D eigenvalue weighted by molar-refractivity contribution is 0.202. The van der Waals surface area contributed by atoms with Gasteiger partial charge >= 0.3 is 6.09 Å². The molecule has 35 heavy (non-hydrogen) atoms. The van der Waals surface area contributed by atoms with Gasteiger partial charge in [0, 0.05) is 17.1 Å². The molecule has 7 nitrogen and oxygen atoms in total. The minimum absolute atomic E-state index is 0.429. The summed E-state index contributed by atoms with van der Waals surface area (Å²) >= 11 is 1.15. The summed E-state index contributed by atoms with van der Waals surface area (Å²) in [6.45, 7) is 2.96. The first kappa shape index (κ1) is 26.5. The number of rotatable bonds is 16. The molecule has 0 unspecified atom stereocenters.